The molecule has 3 heterocycles. The second-order valence-corrected chi connectivity index (χ2v) is 9.55. The fourth-order valence-electron chi connectivity index (χ4n) is 5.28. The van der Waals surface area contributed by atoms with Gasteiger partial charge in [0.2, 0.25) is 5.95 Å². The molecule has 2 aliphatic rings. The SMILES string of the molecule is OCC1(CNc2nc(NCCCCNc3ccccn3)c3ccccc3n2)CC12CCOCC2. The molecule has 8 heteroatoms. The van der Waals surface area contributed by atoms with Gasteiger partial charge in [-0.25, -0.2) is 9.97 Å². The minimum Gasteiger partial charge on any atom is -0.396 e. The number of ether oxygens (including phenoxy) is 1. The Morgan fingerprint density at radius 1 is 0.912 bits per heavy atom. The molecule has 0 amide bonds. The van der Waals surface area contributed by atoms with Crippen molar-refractivity contribution in [2.24, 2.45) is 10.8 Å². The van der Waals surface area contributed by atoms with Crippen molar-refractivity contribution in [2.45, 2.75) is 32.1 Å². The first-order valence-corrected chi connectivity index (χ1v) is 12.3. The number of hydrogen-bond donors (Lipinski definition) is 4. The van der Waals surface area contributed by atoms with Gasteiger partial charge in [-0.15, -0.1) is 0 Å². The van der Waals surface area contributed by atoms with E-state index in [1.165, 1.54) is 0 Å². The van der Waals surface area contributed by atoms with Gasteiger partial charge in [-0.3, -0.25) is 0 Å². The summed E-state index contributed by atoms with van der Waals surface area (Å²) in [7, 11) is 0. The van der Waals surface area contributed by atoms with Crippen molar-refractivity contribution >= 4 is 28.5 Å². The molecule has 1 aromatic carbocycles. The van der Waals surface area contributed by atoms with E-state index in [1.54, 1.807) is 6.20 Å². The van der Waals surface area contributed by atoms with E-state index in [-0.39, 0.29) is 17.4 Å². The zero-order valence-electron chi connectivity index (χ0n) is 19.6. The number of para-hydroxylation sites is 1. The van der Waals surface area contributed by atoms with Crippen molar-refractivity contribution in [3.05, 3.63) is 48.7 Å². The highest BCUT2D eigenvalue weighted by atomic mass is 16.5. The summed E-state index contributed by atoms with van der Waals surface area (Å²) in [5.74, 6) is 2.37. The number of hydrogen-bond acceptors (Lipinski definition) is 8. The summed E-state index contributed by atoms with van der Waals surface area (Å²) in [6, 6.07) is 14.0. The smallest absolute Gasteiger partial charge is 0.225 e. The highest BCUT2D eigenvalue weighted by molar-refractivity contribution is 5.90. The maximum Gasteiger partial charge on any atom is 0.225 e. The molecule has 1 unspecified atom stereocenters. The van der Waals surface area contributed by atoms with Crippen LogP contribution in [0.25, 0.3) is 10.9 Å². The van der Waals surface area contributed by atoms with Crippen LogP contribution in [0.3, 0.4) is 0 Å². The van der Waals surface area contributed by atoms with Crippen LogP contribution in [0.4, 0.5) is 17.6 Å². The van der Waals surface area contributed by atoms with Gasteiger partial charge in [-0.1, -0.05) is 18.2 Å². The topological polar surface area (TPSA) is 104 Å². The van der Waals surface area contributed by atoms with Crippen LogP contribution in [0.5, 0.6) is 0 Å². The number of anilines is 3. The lowest BCUT2D eigenvalue weighted by molar-refractivity contribution is 0.0331. The van der Waals surface area contributed by atoms with Crippen molar-refractivity contribution in [3.8, 4) is 0 Å². The molecule has 8 nitrogen and oxygen atoms in total. The summed E-state index contributed by atoms with van der Waals surface area (Å²) in [5, 5.41) is 21.5. The van der Waals surface area contributed by atoms with Crippen LogP contribution in [0.15, 0.2) is 48.7 Å². The molecule has 1 saturated carbocycles. The largest absolute Gasteiger partial charge is 0.396 e. The first kappa shape index (κ1) is 22.8. The van der Waals surface area contributed by atoms with Gasteiger partial charge in [0.1, 0.15) is 11.6 Å². The molecule has 2 aromatic heterocycles. The van der Waals surface area contributed by atoms with E-state index in [0.29, 0.717) is 12.5 Å². The molecule has 34 heavy (non-hydrogen) atoms. The molecule has 1 spiro atoms. The van der Waals surface area contributed by atoms with Crippen molar-refractivity contribution < 1.29 is 9.84 Å². The second-order valence-electron chi connectivity index (χ2n) is 9.55. The maximum atomic E-state index is 10.2. The molecule has 1 atom stereocenters. The number of fused-ring (bicyclic) bond motifs is 1. The first-order valence-electron chi connectivity index (χ1n) is 12.3. The first-order chi connectivity index (χ1) is 16.7. The molecule has 1 aliphatic carbocycles. The zero-order valence-corrected chi connectivity index (χ0v) is 19.6. The van der Waals surface area contributed by atoms with E-state index in [1.807, 2.05) is 36.4 Å². The number of aliphatic hydroxyl groups is 1. The molecule has 3 aromatic rings. The van der Waals surface area contributed by atoms with Gasteiger partial charge in [-0.2, -0.15) is 4.98 Å². The number of nitrogens with zero attached hydrogens (tertiary/aromatic N) is 3. The molecule has 0 bridgehead atoms. The van der Waals surface area contributed by atoms with Crippen LogP contribution in [0.2, 0.25) is 0 Å². The second kappa shape index (κ2) is 10.1. The number of aromatic nitrogens is 3. The number of aliphatic hydroxyl groups excluding tert-OH is 1. The standard InChI is InChI=1S/C26H34N6O2/c33-19-26(17-25(26)10-15-34-16-11-25)18-30-24-31-21-8-2-1-7-20(21)23(32-24)29-14-6-5-13-28-22-9-3-4-12-27-22/h1-4,7-9,12,33H,5-6,10-11,13-19H2,(H,27,28)(H2,29,30,31,32). The third-order valence-electron chi connectivity index (χ3n) is 7.48. The van der Waals surface area contributed by atoms with Crippen LogP contribution in [-0.2, 0) is 4.74 Å². The van der Waals surface area contributed by atoms with Crippen molar-refractivity contribution in [3.63, 3.8) is 0 Å². The molecule has 180 valence electrons. The number of pyridine rings is 1. The van der Waals surface area contributed by atoms with E-state index in [2.05, 4.69) is 27.0 Å². The maximum absolute atomic E-state index is 10.2. The summed E-state index contributed by atoms with van der Waals surface area (Å²) in [4.78, 5) is 13.8. The Morgan fingerprint density at radius 2 is 1.71 bits per heavy atom. The Labute approximate surface area is 200 Å². The Kier molecular flexibility index (Phi) is 6.78. The van der Waals surface area contributed by atoms with Gasteiger partial charge < -0.3 is 25.8 Å². The van der Waals surface area contributed by atoms with Crippen LogP contribution < -0.4 is 16.0 Å². The highest BCUT2D eigenvalue weighted by Gasteiger charge is 2.66. The predicted molar refractivity (Wildman–Crippen MR) is 135 cm³/mol. The minimum atomic E-state index is -0.0972. The van der Waals surface area contributed by atoms with Gasteiger partial charge in [0.25, 0.3) is 0 Å². The number of benzene rings is 1. The Bertz CT molecular complexity index is 1090. The quantitative estimate of drug-likeness (QED) is 0.318. The monoisotopic (exact) mass is 462 g/mol. The summed E-state index contributed by atoms with van der Waals surface area (Å²) in [6.07, 6.45) is 6.93. The fourth-order valence-corrected chi connectivity index (χ4v) is 5.28. The molecule has 1 aliphatic heterocycles. The third kappa shape index (κ3) is 4.79. The lowest BCUT2D eigenvalue weighted by Gasteiger charge is -2.28. The van der Waals surface area contributed by atoms with Crippen LogP contribution in [0, 0.1) is 10.8 Å². The number of unbranched alkanes of at least 4 members (excludes halogenated alkanes) is 1. The number of rotatable bonds is 11. The van der Waals surface area contributed by atoms with Gasteiger partial charge in [0.05, 0.1) is 12.1 Å². The van der Waals surface area contributed by atoms with E-state index < -0.39 is 0 Å². The molecule has 4 N–H and O–H groups in total. The van der Waals surface area contributed by atoms with E-state index in [9.17, 15) is 5.11 Å². The van der Waals surface area contributed by atoms with E-state index in [0.717, 1.165) is 80.9 Å². The molecular formula is C26H34N6O2. The summed E-state index contributed by atoms with van der Waals surface area (Å²) >= 11 is 0. The van der Waals surface area contributed by atoms with Crippen molar-refractivity contribution in [2.75, 3.05) is 55.4 Å². The zero-order chi connectivity index (χ0) is 23.3. The lowest BCUT2D eigenvalue weighted by Crippen LogP contribution is -2.31. The van der Waals surface area contributed by atoms with Crippen LogP contribution in [0.1, 0.15) is 32.1 Å². The average Bonchev–Trinajstić information content (AvgIpc) is 3.51. The predicted octanol–water partition coefficient (Wildman–Crippen LogP) is 3.92. The molecular weight excluding hydrogens is 428 g/mol. The minimum absolute atomic E-state index is 0.0972. The molecule has 0 radical (unpaired) electrons. The van der Waals surface area contributed by atoms with Crippen molar-refractivity contribution in [1.82, 2.24) is 15.0 Å². The normalized spacial score (nSPS) is 20.9. The number of nitrogens with one attached hydrogen (secondary N) is 3. The van der Waals surface area contributed by atoms with E-state index in [4.69, 9.17) is 14.7 Å². The summed E-state index contributed by atoms with van der Waals surface area (Å²) < 4.78 is 5.55. The van der Waals surface area contributed by atoms with Crippen LogP contribution in [-0.4, -0.2) is 59.5 Å². The Morgan fingerprint density at radius 3 is 2.50 bits per heavy atom. The van der Waals surface area contributed by atoms with Gasteiger partial charge in [0.15, 0.2) is 0 Å². The third-order valence-corrected chi connectivity index (χ3v) is 7.48. The van der Waals surface area contributed by atoms with Gasteiger partial charge >= 0.3 is 0 Å². The van der Waals surface area contributed by atoms with Crippen LogP contribution >= 0.6 is 0 Å². The fraction of sp³-hybridized carbons (Fsp3) is 0.500. The van der Waals surface area contributed by atoms with Crippen molar-refractivity contribution in [1.29, 1.82) is 0 Å². The van der Waals surface area contributed by atoms with Gasteiger partial charge in [-0.05, 0) is 61.8 Å². The summed E-state index contributed by atoms with van der Waals surface area (Å²) in [6.45, 7) is 4.16. The summed E-state index contributed by atoms with van der Waals surface area (Å²) in [5.41, 5.74) is 1.02. The van der Waals surface area contributed by atoms with Gasteiger partial charge in [0, 0.05) is 49.8 Å². The molecule has 1 saturated heterocycles. The van der Waals surface area contributed by atoms with E-state index >= 15 is 0 Å². The highest BCUT2D eigenvalue weighted by Crippen LogP contribution is 2.68. The molecule has 5 rings (SSSR count). The molecule has 2 fully saturated rings. The average molecular weight is 463 g/mol. The Balaban J connectivity index is 1.18. The lowest BCUT2D eigenvalue weighted by atomic mass is 9.86. The Hall–Kier alpha value is -2.97.